The normalized spacial score (nSPS) is 19.8. The number of rotatable bonds is 6. The highest BCUT2D eigenvalue weighted by atomic mass is 35.5. The number of alkyl halides is 1. The van der Waals surface area contributed by atoms with Crippen LogP contribution in [0.25, 0.3) is 0 Å². The summed E-state index contributed by atoms with van der Waals surface area (Å²) in [5, 5.41) is 8.54. The molecule has 0 saturated carbocycles. The van der Waals surface area contributed by atoms with E-state index in [-0.39, 0.29) is 6.61 Å². The zero-order valence-electron chi connectivity index (χ0n) is 14.2. The predicted molar refractivity (Wildman–Crippen MR) is 98.7 cm³/mol. The maximum atomic E-state index is 8.54. The smallest absolute Gasteiger partial charge is 0.104 e. The van der Waals surface area contributed by atoms with Crippen LogP contribution in [0.1, 0.15) is 11.1 Å². The Kier molecular flexibility index (Phi) is 9.55. The van der Waals surface area contributed by atoms with Crippen LogP contribution in [0.2, 0.25) is 0 Å². The van der Waals surface area contributed by atoms with Gasteiger partial charge < -0.3 is 19.3 Å². The first-order valence-corrected chi connectivity index (χ1v) is 8.91. The Hall–Kier alpha value is -1.43. The van der Waals surface area contributed by atoms with Crippen molar-refractivity contribution in [3.05, 3.63) is 71.8 Å². The summed E-state index contributed by atoms with van der Waals surface area (Å²) in [6, 6.07) is 19.7. The third-order valence-electron chi connectivity index (χ3n) is 3.42. The molecule has 0 aromatic heterocycles. The van der Waals surface area contributed by atoms with Gasteiger partial charge >= 0.3 is 0 Å². The second kappa shape index (κ2) is 12.0. The van der Waals surface area contributed by atoms with E-state index in [4.69, 9.17) is 30.9 Å². The summed E-state index contributed by atoms with van der Waals surface area (Å²) < 4.78 is 15.2. The van der Waals surface area contributed by atoms with E-state index in [1.54, 1.807) is 0 Å². The minimum atomic E-state index is 0.140. The topological polar surface area (TPSA) is 54.5 Å². The summed E-state index contributed by atoms with van der Waals surface area (Å²) in [7, 11) is 0. The van der Waals surface area contributed by atoms with E-state index < -0.39 is 0 Å². The minimum absolute atomic E-state index is 0.140. The first-order valence-electron chi connectivity index (χ1n) is 8.37. The number of halogens is 1. The van der Waals surface area contributed by atoms with Crippen molar-refractivity contribution in [2.75, 3.05) is 25.7 Å². The first-order chi connectivity index (χ1) is 12.3. The van der Waals surface area contributed by atoms with Gasteiger partial charge in [-0.15, -0.1) is 11.6 Å². The molecular weight excluding hydrogens is 340 g/mol. The number of hydrogen-bond acceptors (Lipinski definition) is 4. The fourth-order valence-corrected chi connectivity index (χ4v) is 1.97. The van der Waals surface area contributed by atoms with Crippen LogP contribution in [0.15, 0.2) is 60.7 Å². The van der Waals surface area contributed by atoms with E-state index in [0.717, 1.165) is 25.4 Å². The van der Waals surface area contributed by atoms with E-state index in [1.165, 1.54) is 5.56 Å². The molecule has 2 aromatic rings. The number of epoxide rings is 2. The number of benzene rings is 2. The summed E-state index contributed by atoms with van der Waals surface area (Å²) in [4.78, 5) is 0. The van der Waals surface area contributed by atoms with Crippen molar-refractivity contribution in [1.82, 2.24) is 0 Å². The standard InChI is InChI=1S/C10H12O2.C7H8O.C3H5ClO/c1-2-4-9(5-3-1)6-11-7-10-8-12-10;8-6-7-4-2-1-3-5-7;4-1-3-2-5-3/h1-5,10H,6-8H2;1-5,8H,6H2;3H,1-2H2/t10-;;3-/m0.0/s1. The molecule has 2 saturated heterocycles. The Morgan fingerprint density at radius 2 is 1.40 bits per heavy atom. The summed E-state index contributed by atoms with van der Waals surface area (Å²) >= 11 is 5.27. The molecule has 25 heavy (non-hydrogen) atoms. The molecule has 0 spiro atoms. The molecule has 2 fully saturated rings. The number of aliphatic hydroxyl groups is 1. The highest BCUT2D eigenvalue weighted by Gasteiger charge is 2.22. The summed E-state index contributed by atoms with van der Waals surface area (Å²) in [6.07, 6.45) is 0.769. The van der Waals surface area contributed by atoms with Gasteiger partial charge in [-0.05, 0) is 11.1 Å². The molecule has 136 valence electrons. The molecule has 0 radical (unpaired) electrons. The third kappa shape index (κ3) is 10.2. The molecule has 1 N–H and O–H groups in total. The molecule has 2 aliphatic heterocycles. The lowest BCUT2D eigenvalue weighted by molar-refractivity contribution is 0.104. The van der Waals surface area contributed by atoms with E-state index in [9.17, 15) is 0 Å². The minimum Gasteiger partial charge on any atom is -0.392 e. The van der Waals surface area contributed by atoms with Gasteiger partial charge in [0.15, 0.2) is 0 Å². The molecule has 2 aromatic carbocycles. The van der Waals surface area contributed by atoms with Gasteiger partial charge in [0.25, 0.3) is 0 Å². The zero-order chi connectivity index (χ0) is 17.7. The van der Waals surface area contributed by atoms with Gasteiger partial charge in [-0.25, -0.2) is 0 Å². The summed E-state index contributed by atoms with van der Waals surface area (Å²) in [5.41, 5.74) is 2.19. The highest BCUT2D eigenvalue weighted by molar-refractivity contribution is 6.18. The average Bonchev–Trinajstić information content (AvgIpc) is 3.59. The summed E-state index contributed by atoms with van der Waals surface area (Å²) in [5.74, 6) is 0.667. The van der Waals surface area contributed by atoms with Crippen molar-refractivity contribution in [2.24, 2.45) is 0 Å². The first kappa shape index (κ1) is 19.9. The average molecular weight is 365 g/mol. The molecule has 0 amide bonds. The van der Waals surface area contributed by atoms with Crippen LogP contribution in [0, 0.1) is 0 Å². The molecule has 0 aliphatic carbocycles. The Balaban J connectivity index is 0.000000149. The second-order valence-electron chi connectivity index (χ2n) is 5.71. The maximum Gasteiger partial charge on any atom is 0.104 e. The van der Waals surface area contributed by atoms with Crippen LogP contribution < -0.4 is 0 Å². The highest BCUT2D eigenvalue weighted by Crippen LogP contribution is 2.10. The molecule has 2 atom stereocenters. The van der Waals surface area contributed by atoms with Gasteiger partial charge in [-0.1, -0.05) is 60.7 Å². The van der Waals surface area contributed by atoms with E-state index in [2.05, 4.69) is 12.1 Å². The van der Waals surface area contributed by atoms with Crippen LogP contribution in [-0.2, 0) is 27.4 Å². The lowest BCUT2D eigenvalue weighted by atomic mass is 10.2. The fraction of sp³-hybridized carbons (Fsp3) is 0.400. The van der Waals surface area contributed by atoms with Gasteiger partial charge in [0.05, 0.1) is 45.0 Å². The molecule has 2 aliphatic rings. The Labute approximate surface area is 154 Å². The number of hydrogen-bond donors (Lipinski definition) is 1. The lowest BCUT2D eigenvalue weighted by Gasteiger charge is -2.00. The van der Waals surface area contributed by atoms with E-state index >= 15 is 0 Å². The molecule has 0 bridgehead atoms. The molecule has 0 unspecified atom stereocenters. The van der Waals surface area contributed by atoms with Crippen molar-refractivity contribution in [1.29, 1.82) is 0 Å². The van der Waals surface area contributed by atoms with E-state index in [1.807, 2.05) is 48.5 Å². The van der Waals surface area contributed by atoms with Gasteiger partial charge in [0.2, 0.25) is 0 Å². The third-order valence-corrected chi connectivity index (χ3v) is 3.76. The van der Waals surface area contributed by atoms with Crippen LogP contribution >= 0.6 is 11.6 Å². The van der Waals surface area contributed by atoms with E-state index in [0.29, 0.717) is 24.7 Å². The maximum absolute atomic E-state index is 8.54. The van der Waals surface area contributed by atoms with Crippen molar-refractivity contribution in [2.45, 2.75) is 25.4 Å². The molecule has 5 heteroatoms. The Bertz CT molecular complexity index is 556. The van der Waals surface area contributed by atoms with Crippen LogP contribution in [0.4, 0.5) is 0 Å². The second-order valence-corrected chi connectivity index (χ2v) is 6.02. The van der Waals surface area contributed by atoms with Gasteiger partial charge in [-0.2, -0.15) is 0 Å². The van der Waals surface area contributed by atoms with Gasteiger partial charge in [0, 0.05) is 0 Å². The molecular formula is C20H25ClO4. The predicted octanol–water partition coefficient (Wildman–Crippen LogP) is 3.40. The summed E-state index contributed by atoms with van der Waals surface area (Å²) in [6.45, 7) is 3.31. The Morgan fingerprint density at radius 1 is 0.880 bits per heavy atom. The van der Waals surface area contributed by atoms with Crippen molar-refractivity contribution >= 4 is 11.6 Å². The zero-order valence-corrected chi connectivity index (χ0v) is 15.0. The molecule has 4 nitrogen and oxygen atoms in total. The fourth-order valence-electron chi connectivity index (χ4n) is 1.79. The quantitative estimate of drug-likeness (QED) is 0.630. The Morgan fingerprint density at radius 3 is 1.76 bits per heavy atom. The molecule has 2 heterocycles. The van der Waals surface area contributed by atoms with Crippen LogP contribution in [0.3, 0.4) is 0 Å². The van der Waals surface area contributed by atoms with Gasteiger partial charge in [0.1, 0.15) is 6.10 Å². The van der Waals surface area contributed by atoms with Crippen LogP contribution in [0.5, 0.6) is 0 Å². The number of ether oxygens (including phenoxy) is 3. The van der Waals surface area contributed by atoms with Crippen LogP contribution in [-0.4, -0.2) is 43.0 Å². The largest absolute Gasteiger partial charge is 0.392 e. The van der Waals surface area contributed by atoms with Crippen molar-refractivity contribution in [3.63, 3.8) is 0 Å². The number of aliphatic hydroxyl groups excluding tert-OH is 1. The SMILES string of the molecule is ClC[C@H]1CO1.OCc1ccccc1.c1ccc(COC[C@H]2CO2)cc1. The molecule has 4 rings (SSSR count). The van der Waals surface area contributed by atoms with Crippen molar-refractivity contribution in [3.8, 4) is 0 Å². The van der Waals surface area contributed by atoms with Crippen molar-refractivity contribution < 1.29 is 19.3 Å². The lowest BCUT2D eigenvalue weighted by Crippen LogP contribution is -2.00. The van der Waals surface area contributed by atoms with Gasteiger partial charge in [-0.3, -0.25) is 0 Å². The monoisotopic (exact) mass is 364 g/mol.